The van der Waals surface area contributed by atoms with E-state index in [9.17, 15) is 4.79 Å². The van der Waals surface area contributed by atoms with Gasteiger partial charge in [0.1, 0.15) is 12.1 Å². The molecule has 28 heavy (non-hydrogen) atoms. The molecule has 2 heterocycles. The third-order valence-corrected chi connectivity index (χ3v) is 5.01. The first-order valence-corrected chi connectivity index (χ1v) is 9.21. The van der Waals surface area contributed by atoms with E-state index in [0.29, 0.717) is 13.1 Å². The van der Waals surface area contributed by atoms with E-state index in [1.807, 2.05) is 59.5 Å². The van der Waals surface area contributed by atoms with Gasteiger partial charge in [0.15, 0.2) is 6.04 Å². The van der Waals surface area contributed by atoms with E-state index >= 15 is 0 Å². The average molecular weight is 378 g/mol. The quantitative estimate of drug-likeness (QED) is 0.672. The molecule has 1 atom stereocenters. The summed E-state index contributed by atoms with van der Waals surface area (Å²) in [5, 5.41) is 11.4. The molecule has 4 rings (SSSR count). The van der Waals surface area contributed by atoms with Gasteiger partial charge in [0, 0.05) is 31.9 Å². The van der Waals surface area contributed by atoms with Gasteiger partial charge in [-0.25, -0.2) is 4.68 Å². The summed E-state index contributed by atoms with van der Waals surface area (Å²) in [4.78, 5) is 17.5. The zero-order chi connectivity index (χ0) is 19.3. The predicted molar refractivity (Wildman–Crippen MR) is 104 cm³/mol. The molecule has 144 valence electrons. The van der Waals surface area contributed by atoms with E-state index in [4.69, 9.17) is 4.74 Å². The smallest absolute Gasteiger partial charge is 0.252 e. The van der Waals surface area contributed by atoms with Gasteiger partial charge in [-0.05, 0) is 40.3 Å². The Hall–Kier alpha value is -3.42. The molecule has 1 aromatic heterocycles. The van der Waals surface area contributed by atoms with Crippen LogP contribution in [0.25, 0.3) is 0 Å². The van der Waals surface area contributed by atoms with E-state index < -0.39 is 6.04 Å². The highest BCUT2D eigenvalue weighted by Gasteiger charge is 2.30. The first-order chi connectivity index (χ1) is 13.8. The lowest BCUT2D eigenvalue weighted by Crippen LogP contribution is -2.50. The van der Waals surface area contributed by atoms with Crippen molar-refractivity contribution in [2.45, 2.75) is 6.04 Å². The Bertz CT molecular complexity index is 890. The van der Waals surface area contributed by atoms with Crippen molar-refractivity contribution in [3.05, 3.63) is 66.5 Å². The molecule has 8 nitrogen and oxygen atoms in total. The molecule has 0 radical (unpaired) electrons. The van der Waals surface area contributed by atoms with Gasteiger partial charge in [-0.3, -0.25) is 4.79 Å². The first kappa shape index (κ1) is 18.0. The molecular weight excluding hydrogens is 356 g/mol. The van der Waals surface area contributed by atoms with Gasteiger partial charge in [0.25, 0.3) is 5.91 Å². The first-order valence-electron chi connectivity index (χ1n) is 9.21. The number of anilines is 1. The summed E-state index contributed by atoms with van der Waals surface area (Å²) in [7, 11) is 1.66. The Morgan fingerprint density at radius 3 is 2.32 bits per heavy atom. The summed E-state index contributed by atoms with van der Waals surface area (Å²) >= 11 is 0. The molecule has 0 N–H and O–H groups in total. The summed E-state index contributed by atoms with van der Waals surface area (Å²) < 4.78 is 6.74. The van der Waals surface area contributed by atoms with E-state index in [1.54, 1.807) is 7.11 Å². The molecule has 1 amide bonds. The number of ether oxygens (including phenoxy) is 1. The van der Waals surface area contributed by atoms with Crippen LogP contribution in [0.4, 0.5) is 5.69 Å². The number of piperazine rings is 1. The normalized spacial score (nSPS) is 15.3. The highest BCUT2D eigenvalue weighted by molar-refractivity contribution is 5.83. The van der Waals surface area contributed by atoms with E-state index in [1.165, 1.54) is 11.0 Å². The van der Waals surface area contributed by atoms with Gasteiger partial charge < -0.3 is 14.5 Å². The van der Waals surface area contributed by atoms with Crippen molar-refractivity contribution < 1.29 is 9.53 Å². The summed E-state index contributed by atoms with van der Waals surface area (Å²) in [6.07, 6.45) is 1.49. The number of rotatable bonds is 5. The minimum atomic E-state index is -0.552. The van der Waals surface area contributed by atoms with E-state index in [0.717, 1.165) is 30.1 Å². The Morgan fingerprint density at radius 1 is 1.00 bits per heavy atom. The van der Waals surface area contributed by atoms with Crippen molar-refractivity contribution >= 4 is 11.6 Å². The highest BCUT2D eigenvalue weighted by Crippen LogP contribution is 2.23. The lowest BCUT2D eigenvalue weighted by Gasteiger charge is -2.37. The fourth-order valence-corrected chi connectivity index (χ4v) is 3.48. The summed E-state index contributed by atoms with van der Waals surface area (Å²) in [5.74, 6) is 0.845. The number of benzene rings is 2. The van der Waals surface area contributed by atoms with Crippen molar-refractivity contribution in [2.24, 2.45) is 0 Å². The second-order valence-electron chi connectivity index (χ2n) is 6.61. The molecule has 8 heteroatoms. The lowest BCUT2D eigenvalue weighted by atomic mass is 10.1. The Morgan fingerprint density at radius 2 is 1.71 bits per heavy atom. The SMILES string of the molecule is COc1ccc(N2CCN(C(=O)[C@H](c3ccccc3)n3cnnn3)CC2)cc1. The van der Waals surface area contributed by atoms with Gasteiger partial charge in [-0.1, -0.05) is 30.3 Å². The standard InChI is InChI=1S/C20H22N6O2/c1-28-18-9-7-17(8-10-18)24-11-13-25(14-12-24)20(27)19(26-15-21-22-23-26)16-5-3-2-4-6-16/h2-10,15,19H,11-14H2,1H3/t19-/m0/s1. The van der Waals surface area contributed by atoms with Crippen LogP contribution in [0, 0.1) is 0 Å². The van der Waals surface area contributed by atoms with Gasteiger partial charge in [0.05, 0.1) is 7.11 Å². The van der Waals surface area contributed by atoms with Crippen molar-refractivity contribution in [1.82, 2.24) is 25.1 Å². The molecule has 0 spiro atoms. The number of carbonyl (C=O) groups excluding carboxylic acids is 1. The van der Waals surface area contributed by atoms with Crippen LogP contribution in [-0.4, -0.2) is 64.3 Å². The van der Waals surface area contributed by atoms with Crippen LogP contribution in [-0.2, 0) is 4.79 Å². The second kappa shape index (κ2) is 8.08. The minimum absolute atomic E-state index is 0.00730. The zero-order valence-corrected chi connectivity index (χ0v) is 15.7. The van der Waals surface area contributed by atoms with Gasteiger partial charge >= 0.3 is 0 Å². The largest absolute Gasteiger partial charge is 0.497 e. The highest BCUT2D eigenvalue weighted by atomic mass is 16.5. The number of nitrogens with zero attached hydrogens (tertiary/aromatic N) is 6. The lowest BCUT2D eigenvalue weighted by molar-refractivity contribution is -0.134. The number of carbonyl (C=O) groups is 1. The van der Waals surface area contributed by atoms with Crippen molar-refractivity contribution in [3.8, 4) is 5.75 Å². The second-order valence-corrected chi connectivity index (χ2v) is 6.61. The number of amides is 1. The molecule has 1 aliphatic heterocycles. The summed E-state index contributed by atoms with van der Waals surface area (Å²) in [6, 6.07) is 17.1. The van der Waals surface area contributed by atoms with Crippen molar-refractivity contribution in [2.75, 3.05) is 38.2 Å². The Kier molecular flexibility index (Phi) is 5.18. The molecule has 0 aliphatic carbocycles. The van der Waals surface area contributed by atoms with E-state index in [2.05, 4.69) is 20.4 Å². The van der Waals surface area contributed by atoms with Crippen LogP contribution in [0.15, 0.2) is 60.9 Å². The van der Waals surface area contributed by atoms with Crippen LogP contribution >= 0.6 is 0 Å². The van der Waals surface area contributed by atoms with Crippen LogP contribution < -0.4 is 9.64 Å². The zero-order valence-electron chi connectivity index (χ0n) is 15.7. The number of tetrazole rings is 1. The Balaban J connectivity index is 1.47. The fraction of sp³-hybridized carbons (Fsp3) is 0.300. The van der Waals surface area contributed by atoms with Crippen molar-refractivity contribution in [1.29, 1.82) is 0 Å². The third-order valence-electron chi connectivity index (χ3n) is 5.01. The third kappa shape index (κ3) is 3.66. The molecule has 1 saturated heterocycles. The molecule has 3 aromatic rings. The van der Waals surface area contributed by atoms with E-state index in [-0.39, 0.29) is 5.91 Å². The monoisotopic (exact) mass is 378 g/mol. The number of aromatic nitrogens is 4. The minimum Gasteiger partial charge on any atom is -0.497 e. The Labute approximate surface area is 163 Å². The summed E-state index contributed by atoms with van der Waals surface area (Å²) in [6.45, 7) is 2.84. The molecular formula is C20H22N6O2. The van der Waals surface area contributed by atoms with Crippen LogP contribution in [0.5, 0.6) is 5.75 Å². The maximum atomic E-state index is 13.3. The molecule has 1 fully saturated rings. The van der Waals surface area contributed by atoms with Gasteiger partial charge in [-0.2, -0.15) is 0 Å². The molecule has 2 aromatic carbocycles. The average Bonchev–Trinajstić information content (AvgIpc) is 3.29. The predicted octanol–water partition coefficient (Wildman–Crippen LogP) is 1.62. The maximum Gasteiger partial charge on any atom is 0.252 e. The number of hydrogen-bond donors (Lipinski definition) is 0. The van der Waals surface area contributed by atoms with Crippen molar-refractivity contribution in [3.63, 3.8) is 0 Å². The number of methoxy groups -OCH3 is 1. The number of hydrogen-bond acceptors (Lipinski definition) is 6. The van der Waals surface area contributed by atoms with Gasteiger partial charge in [0.2, 0.25) is 0 Å². The topological polar surface area (TPSA) is 76.4 Å². The molecule has 0 unspecified atom stereocenters. The fourth-order valence-electron chi connectivity index (χ4n) is 3.48. The maximum absolute atomic E-state index is 13.3. The van der Waals surface area contributed by atoms with Crippen LogP contribution in [0.1, 0.15) is 11.6 Å². The molecule has 0 bridgehead atoms. The van der Waals surface area contributed by atoms with Crippen LogP contribution in [0.2, 0.25) is 0 Å². The van der Waals surface area contributed by atoms with Gasteiger partial charge in [-0.15, -0.1) is 5.10 Å². The van der Waals surface area contributed by atoms with Crippen LogP contribution in [0.3, 0.4) is 0 Å². The molecule has 1 aliphatic rings. The summed E-state index contributed by atoms with van der Waals surface area (Å²) in [5.41, 5.74) is 2.00. The molecule has 0 saturated carbocycles.